The van der Waals surface area contributed by atoms with Crippen molar-refractivity contribution in [3.8, 4) is 11.5 Å². The maximum atomic E-state index is 12.0. The highest BCUT2D eigenvalue weighted by atomic mass is 16.6. The Bertz CT molecular complexity index is 1090. The molecule has 3 aromatic rings. The number of nitrogens with zero attached hydrogens (tertiary/aromatic N) is 7. The van der Waals surface area contributed by atoms with Crippen LogP contribution < -0.4 is 10.6 Å². The van der Waals surface area contributed by atoms with E-state index in [1.54, 1.807) is 13.2 Å². The van der Waals surface area contributed by atoms with Gasteiger partial charge >= 0.3 is 6.09 Å². The predicted octanol–water partition coefficient (Wildman–Crippen LogP) is 2.72. The van der Waals surface area contributed by atoms with Crippen molar-refractivity contribution in [2.24, 2.45) is 7.05 Å². The van der Waals surface area contributed by atoms with Crippen LogP contribution in [0, 0.1) is 0 Å². The highest BCUT2D eigenvalue weighted by Gasteiger charge is 2.40. The molecule has 0 aliphatic heterocycles. The summed E-state index contributed by atoms with van der Waals surface area (Å²) in [6.45, 7) is 2.04. The first-order chi connectivity index (χ1) is 15.5. The molecule has 0 bridgehead atoms. The van der Waals surface area contributed by atoms with E-state index >= 15 is 0 Å². The number of tetrazole rings is 1. The summed E-state index contributed by atoms with van der Waals surface area (Å²) in [4.78, 5) is 26.7. The third-order valence-corrected chi connectivity index (χ3v) is 5.96. The number of aryl methyl sites for hydroxylation is 1. The number of carbonyl (C=O) groups excluding carboxylic acids is 1. The Morgan fingerprint density at radius 1 is 1.16 bits per heavy atom. The molecule has 2 atom stereocenters. The summed E-state index contributed by atoms with van der Waals surface area (Å²) < 4.78 is 5.60. The molecule has 11 nitrogen and oxygen atoms in total. The lowest BCUT2D eigenvalue weighted by molar-refractivity contribution is 0.0967. The fourth-order valence-corrected chi connectivity index (χ4v) is 3.82. The minimum atomic E-state index is -0.304. The molecule has 2 aliphatic carbocycles. The molecule has 0 aromatic carbocycles. The quantitative estimate of drug-likeness (QED) is 0.599. The van der Waals surface area contributed by atoms with Crippen LogP contribution in [0.2, 0.25) is 0 Å². The molecule has 166 valence electrons. The Morgan fingerprint density at radius 2 is 1.97 bits per heavy atom. The van der Waals surface area contributed by atoms with Crippen LogP contribution in [0.5, 0.6) is 0 Å². The van der Waals surface area contributed by atoms with Crippen LogP contribution in [0.1, 0.15) is 50.5 Å². The lowest BCUT2D eigenvalue weighted by Crippen LogP contribution is -2.36. The molecule has 0 radical (unpaired) electrons. The minimum Gasteiger partial charge on any atom is -0.446 e. The van der Waals surface area contributed by atoms with Gasteiger partial charge in [-0.25, -0.2) is 14.8 Å². The summed E-state index contributed by atoms with van der Waals surface area (Å²) in [5.74, 6) is 1.25. The smallest absolute Gasteiger partial charge is 0.407 e. The van der Waals surface area contributed by atoms with E-state index in [9.17, 15) is 4.79 Å². The van der Waals surface area contributed by atoms with Crippen LogP contribution in [0.3, 0.4) is 0 Å². The number of pyridine rings is 1. The predicted molar refractivity (Wildman–Crippen MR) is 115 cm³/mol. The average Bonchev–Trinajstić information content (AvgIpc) is 3.14. The molecule has 11 heteroatoms. The first kappa shape index (κ1) is 20.3. The number of ether oxygens (including phenoxy) is 1. The van der Waals surface area contributed by atoms with Crippen LogP contribution in [-0.4, -0.2) is 52.9 Å². The van der Waals surface area contributed by atoms with Gasteiger partial charge in [-0.15, -0.1) is 10.2 Å². The van der Waals surface area contributed by atoms with Crippen LogP contribution in [0.4, 0.5) is 16.4 Å². The van der Waals surface area contributed by atoms with E-state index in [1.807, 2.05) is 31.5 Å². The second-order valence-electron chi connectivity index (χ2n) is 8.72. The largest absolute Gasteiger partial charge is 0.446 e. The topological polar surface area (TPSA) is 133 Å². The number of nitrogens with one attached hydrogen (secondary N) is 2. The van der Waals surface area contributed by atoms with Crippen molar-refractivity contribution in [3.63, 3.8) is 0 Å². The Hall–Kier alpha value is -3.63. The molecular weight excluding hydrogens is 410 g/mol. The van der Waals surface area contributed by atoms with E-state index in [2.05, 4.69) is 41.0 Å². The Balaban J connectivity index is 1.14. The van der Waals surface area contributed by atoms with Gasteiger partial charge < -0.3 is 15.4 Å². The SMILES string of the molecule is Cn1nnc(-c2ccc(Nc3ncc([C@@H]4CC[C@H](OC(=O)NC5(C)CC5)C4)cn3)cn2)n1. The highest BCUT2D eigenvalue weighted by Crippen LogP contribution is 2.37. The van der Waals surface area contributed by atoms with Crippen molar-refractivity contribution in [1.29, 1.82) is 0 Å². The molecule has 0 unspecified atom stereocenters. The maximum Gasteiger partial charge on any atom is 0.407 e. The van der Waals surface area contributed by atoms with E-state index in [0.717, 1.165) is 43.4 Å². The van der Waals surface area contributed by atoms with Crippen molar-refractivity contribution in [3.05, 3.63) is 36.3 Å². The van der Waals surface area contributed by atoms with Crippen LogP contribution >= 0.6 is 0 Å². The summed E-state index contributed by atoms with van der Waals surface area (Å²) in [7, 11) is 1.71. The number of rotatable bonds is 6. The molecular formula is C21H25N9O2. The van der Waals surface area contributed by atoms with E-state index in [0.29, 0.717) is 23.4 Å². The van der Waals surface area contributed by atoms with Crippen molar-refractivity contribution in [2.75, 3.05) is 5.32 Å². The number of amides is 1. The minimum absolute atomic E-state index is 0.0614. The lowest BCUT2D eigenvalue weighted by atomic mass is 10.0. The van der Waals surface area contributed by atoms with Gasteiger partial charge in [-0.3, -0.25) is 4.98 Å². The molecule has 0 spiro atoms. The molecule has 2 N–H and O–H groups in total. The molecule has 5 rings (SSSR count). The van der Waals surface area contributed by atoms with Crippen molar-refractivity contribution < 1.29 is 9.53 Å². The summed E-state index contributed by atoms with van der Waals surface area (Å²) in [5.41, 5.74) is 2.39. The van der Waals surface area contributed by atoms with Crippen LogP contribution in [0.15, 0.2) is 30.7 Å². The van der Waals surface area contributed by atoms with Gasteiger partial charge in [0.05, 0.1) is 18.9 Å². The first-order valence-corrected chi connectivity index (χ1v) is 10.7. The standard InChI is InChI=1S/C21H25N9O2/c1-21(7-8-21)26-20(31)32-16-5-3-13(9-16)14-10-23-19(24-11-14)25-15-4-6-17(22-12-15)18-27-29-30(2)28-18/h4,6,10-13,16H,3,5,7-9H2,1-2H3,(H,26,31)(H,23,24,25)/t13-,16+/m1/s1. The third-order valence-electron chi connectivity index (χ3n) is 5.96. The Labute approximate surface area is 185 Å². The zero-order valence-corrected chi connectivity index (χ0v) is 18.0. The van der Waals surface area contributed by atoms with Gasteiger partial charge in [-0.1, -0.05) is 0 Å². The van der Waals surface area contributed by atoms with Crippen LogP contribution in [0.25, 0.3) is 11.5 Å². The summed E-state index contributed by atoms with van der Waals surface area (Å²) >= 11 is 0. The summed E-state index contributed by atoms with van der Waals surface area (Å²) in [6.07, 6.45) is 9.61. The molecule has 32 heavy (non-hydrogen) atoms. The van der Waals surface area contributed by atoms with Gasteiger partial charge in [-0.2, -0.15) is 4.80 Å². The number of aromatic nitrogens is 7. The Morgan fingerprint density at radius 3 is 2.62 bits per heavy atom. The molecule has 1 amide bonds. The highest BCUT2D eigenvalue weighted by molar-refractivity contribution is 5.69. The number of alkyl carbamates (subject to hydrolysis) is 1. The van der Waals surface area contributed by atoms with Crippen molar-refractivity contribution in [2.45, 2.75) is 56.6 Å². The Kier molecular flexibility index (Phi) is 5.16. The second kappa shape index (κ2) is 8.13. The zero-order chi connectivity index (χ0) is 22.1. The van der Waals surface area contributed by atoms with Gasteiger partial charge in [0.25, 0.3) is 0 Å². The van der Waals surface area contributed by atoms with Crippen LogP contribution in [-0.2, 0) is 11.8 Å². The number of anilines is 2. The molecule has 2 saturated carbocycles. The van der Waals surface area contributed by atoms with E-state index < -0.39 is 0 Å². The molecule has 3 heterocycles. The lowest BCUT2D eigenvalue weighted by Gasteiger charge is -2.16. The van der Waals surface area contributed by atoms with Gasteiger partial charge in [0.2, 0.25) is 11.8 Å². The van der Waals surface area contributed by atoms with Gasteiger partial charge in [0.1, 0.15) is 11.8 Å². The van der Waals surface area contributed by atoms with Gasteiger partial charge in [0.15, 0.2) is 0 Å². The summed E-state index contributed by atoms with van der Waals surface area (Å²) in [6, 6.07) is 3.67. The van der Waals surface area contributed by atoms with Gasteiger partial charge in [-0.05, 0) is 67.9 Å². The normalized spacial score (nSPS) is 21.2. The second-order valence-corrected chi connectivity index (χ2v) is 8.72. The van der Waals surface area contributed by atoms with Crippen molar-refractivity contribution in [1.82, 2.24) is 40.5 Å². The van der Waals surface area contributed by atoms with E-state index in [4.69, 9.17) is 4.74 Å². The fourth-order valence-electron chi connectivity index (χ4n) is 3.82. The first-order valence-electron chi connectivity index (χ1n) is 10.7. The van der Waals surface area contributed by atoms with Crippen molar-refractivity contribution >= 4 is 17.7 Å². The zero-order valence-electron chi connectivity index (χ0n) is 18.0. The maximum absolute atomic E-state index is 12.0. The molecule has 2 aliphatic rings. The number of hydrogen-bond acceptors (Lipinski definition) is 9. The molecule has 0 saturated heterocycles. The van der Waals surface area contributed by atoms with Gasteiger partial charge in [0, 0.05) is 17.9 Å². The van der Waals surface area contributed by atoms with E-state index in [1.165, 1.54) is 4.80 Å². The monoisotopic (exact) mass is 435 g/mol. The summed E-state index contributed by atoms with van der Waals surface area (Å²) in [5, 5.41) is 18.0. The number of carbonyl (C=O) groups is 1. The molecule has 3 aromatic heterocycles. The third kappa shape index (κ3) is 4.66. The molecule has 2 fully saturated rings. The van der Waals surface area contributed by atoms with E-state index in [-0.39, 0.29) is 17.7 Å². The fraction of sp³-hybridized carbons (Fsp3) is 0.476. The number of hydrogen-bond donors (Lipinski definition) is 2. The average molecular weight is 435 g/mol.